The molecule has 3 aromatic carbocycles. The van der Waals surface area contributed by atoms with E-state index >= 15 is 0 Å². The van der Waals surface area contributed by atoms with Crippen molar-refractivity contribution in [2.24, 2.45) is 0 Å². The number of anilines is 1. The summed E-state index contributed by atoms with van der Waals surface area (Å²) < 4.78 is 6.08. The Balaban J connectivity index is 1.06. The number of aliphatic hydroxyl groups is 2. The summed E-state index contributed by atoms with van der Waals surface area (Å²) >= 11 is 1.74. The van der Waals surface area contributed by atoms with Crippen LogP contribution in [0.5, 0.6) is 5.75 Å². The van der Waals surface area contributed by atoms with Crippen LogP contribution in [0.2, 0.25) is 0 Å². The average molecular weight is 613 g/mol. The Labute approximate surface area is 260 Å². The standard InChI is InChI=1S/C34H36N4O5S/c39-23-38-30-19-24(11-14-31(30)40)32(41)22-36-18-16-28-12-13-29(44-28)21-35-17-15-27-20-37-33(43-27)34(42,25-7-3-1-4-8-25)26-9-5-2-6-10-26/h1-14,19-20,23,32,35-36,40-42H,15-18,21-22H2,(H,38,39). The Morgan fingerprint density at radius 1 is 0.886 bits per heavy atom. The highest BCUT2D eigenvalue weighted by Gasteiger charge is 2.38. The molecule has 1 unspecified atom stereocenters. The first-order chi connectivity index (χ1) is 21.5. The van der Waals surface area contributed by atoms with Crippen LogP contribution in [0.15, 0.2) is 102 Å². The highest BCUT2D eigenvalue weighted by molar-refractivity contribution is 7.11. The number of nitrogens with one attached hydrogen (secondary N) is 3. The van der Waals surface area contributed by atoms with Gasteiger partial charge in [-0.15, -0.1) is 11.3 Å². The Morgan fingerprint density at radius 3 is 2.27 bits per heavy atom. The number of thiophene rings is 1. The van der Waals surface area contributed by atoms with Gasteiger partial charge in [0.05, 0.1) is 18.0 Å². The third-order valence-corrected chi connectivity index (χ3v) is 8.46. The van der Waals surface area contributed by atoms with Gasteiger partial charge in [-0.25, -0.2) is 4.98 Å². The first-order valence-electron chi connectivity index (χ1n) is 14.5. The number of hydrogen-bond donors (Lipinski definition) is 6. The molecule has 0 aliphatic heterocycles. The number of phenolic OH excluding ortho intramolecular Hbond substituents is 1. The second-order valence-electron chi connectivity index (χ2n) is 10.4. The van der Waals surface area contributed by atoms with Crippen LogP contribution in [0.3, 0.4) is 0 Å². The Morgan fingerprint density at radius 2 is 1.57 bits per heavy atom. The first kappa shape index (κ1) is 31.1. The van der Waals surface area contributed by atoms with Crippen molar-refractivity contribution in [1.82, 2.24) is 15.6 Å². The molecule has 228 valence electrons. The largest absolute Gasteiger partial charge is 0.506 e. The molecule has 10 heteroatoms. The Kier molecular flexibility index (Phi) is 10.5. The number of oxazole rings is 1. The smallest absolute Gasteiger partial charge is 0.235 e. The second-order valence-corrected chi connectivity index (χ2v) is 11.6. The lowest BCUT2D eigenvalue weighted by Crippen LogP contribution is -2.29. The van der Waals surface area contributed by atoms with Crippen LogP contribution >= 0.6 is 11.3 Å². The number of rotatable bonds is 16. The van der Waals surface area contributed by atoms with E-state index in [-0.39, 0.29) is 17.3 Å². The van der Waals surface area contributed by atoms with Gasteiger partial charge in [-0.1, -0.05) is 66.7 Å². The molecule has 6 N–H and O–H groups in total. The van der Waals surface area contributed by atoms with Crippen molar-refractivity contribution in [3.8, 4) is 5.75 Å². The number of phenols is 1. The van der Waals surface area contributed by atoms with Crippen molar-refractivity contribution in [3.05, 3.63) is 135 Å². The Bertz CT molecular complexity index is 1580. The van der Waals surface area contributed by atoms with Gasteiger partial charge in [0.15, 0.2) is 5.60 Å². The van der Waals surface area contributed by atoms with Crippen molar-refractivity contribution >= 4 is 23.4 Å². The zero-order valence-electron chi connectivity index (χ0n) is 24.1. The summed E-state index contributed by atoms with van der Waals surface area (Å²) in [5, 5.41) is 41.2. The zero-order chi connectivity index (χ0) is 30.8. The van der Waals surface area contributed by atoms with Gasteiger partial charge in [-0.2, -0.15) is 0 Å². The lowest BCUT2D eigenvalue weighted by atomic mass is 9.86. The van der Waals surface area contributed by atoms with Crippen LogP contribution in [-0.2, 0) is 29.8 Å². The minimum atomic E-state index is -1.49. The third kappa shape index (κ3) is 7.60. The summed E-state index contributed by atoms with van der Waals surface area (Å²) in [6, 6.07) is 27.7. The molecule has 0 aliphatic carbocycles. The number of carbonyl (C=O) groups excluding carboxylic acids is 1. The van der Waals surface area contributed by atoms with Crippen molar-refractivity contribution in [3.63, 3.8) is 0 Å². The van der Waals surface area contributed by atoms with Gasteiger partial charge in [-0.3, -0.25) is 4.79 Å². The lowest BCUT2D eigenvalue weighted by molar-refractivity contribution is -0.105. The molecule has 5 aromatic rings. The quantitative estimate of drug-likeness (QED) is 0.0544. The van der Waals surface area contributed by atoms with Crippen LogP contribution < -0.4 is 16.0 Å². The van der Waals surface area contributed by atoms with Crippen LogP contribution in [0.1, 0.15) is 44.2 Å². The number of amides is 1. The fraction of sp³-hybridized carbons (Fsp3) is 0.235. The van der Waals surface area contributed by atoms with E-state index in [2.05, 4.69) is 33.1 Å². The van der Waals surface area contributed by atoms with Gasteiger partial charge in [0.2, 0.25) is 12.3 Å². The molecule has 5 rings (SSSR count). The molecule has 2 heterocycles. The Hall–Kier alpha value is -4.32. The van der Waals surface area contributed by atoms with Gasteiger partial charge in [-0.05, 0) is 47.4 Å². The molecule has 0 aliphatic rings. The molecule has 0 spiro atoms. The summed E-state index contributed by atoms with van der Waals surface area (Å²) in [4.78, 5) is 17.6. The normalized spacial score (nSPS) is 12.2. The van der Waals surface area contributed by atoms with Gasteiger partial charge in [0.1, 0.15) is 11.5 Å². The van der Waals surface area contributed by atoms with E-state index in [0.29, 0.717) is 54.9 Å². The van der Waals surface area contributed by atoms with E-state index in [1.54, 1.807) is 29.7 Å². The van der Waals surface area contributed by atoms with E-state index in [4.69, 9.17) is 4.42 Å². The SMILES string of the molecule is O=CNc1cc(C(O)CNCCc2ccc(CNCCc3cnc(C(O)(c4ccccc4)c4ccccc4)o3)s2)ccc1O. The number of benzene rings is 3. The number of nitrogens with zero attached hydrogens (tertiary/aromatic N) is 1. The lowest BCUT2D eigenvalue weighted by Gasteiger charge is -2.26. The van der Waals surface area contributed by atoms with Crippen molar-refractivity contribution in [2.75, 3.05) is 25.0 Å². The van der Waals surface area contributed by atoms with Crippen LogP contribution in [-0.4, -0.2) is 46.3 Å². The van der Waals surface area contributed by atoms with Gasteiger partial charge in [0, 0.05) is 42.4 Å². The number of carbonyl (C=O) groups is 1. The number of aromatic hydroxyl groups is 1. The zero-order valence-corrected chi connectivity index (χ0v) is 25.0. The maximum atomic E-state index is 11.8. The summed E-state index contributed by atoms with van der Waals surface area (Å²) in [5.74, 6) is 0.893. The van der Waals surface area contributed by atoms with Crippen LogP contribution in [0.25, 0.3) is 0 Å². The van der Waals surface area contributed by atoms with Gasteiger partial charge >= 0.3 is 0 Å². The first-order valence-corrected chi connectivity index (χ1v) is 15.3. The predicted molar refractivity (Wildman–Crippen MR) is 171 cm³/mol. The summed E-state index contributed by atoms with van der Waals surface area (Å²) in [6.07, 6.45) is 2.86. The molecule has 9 nitrogen and oxygen atoms in total. The van der Waals surface area contributed by atoms with Crippen molar-refractivity contribution in [2.45, 2.75) is 31.1 Å². The monoisotopic (exact) mass is 612 g/mol. The molecular weight excluding hydrogens is 576 g/mol. The van der Waals surface area contributed by atoms with Gasteiger partial charge < -0.3 is 35.7 Å². The second kappa shape index (κ2) is 14.9. The molecule has 0 radical (unpaired) electrons. The molecule has 0 saturated carbocycles. The highest BCUT2D eigenvalue weighted by atomic mass is 32.1. The summed E-state index contributed by atoms with van der Waals surface area (Å²) in [7, 11) is 0. The fourth-order valence-corrected chi connectivity index (χ4v) is 5.93. The topological polar surface area (TPSA) is 140 Å². The molecule has 1 atom stereocenters. The van der Waals surface area contributed by atoms with Crippen molar-refractivity contribution < 1.29 is 24.5 Å². The molecule has 44 heavy (non-hydrogen) atoms. The molecular formula is C34H36N4O5S. The average Bonchev–Trinajstić information content (AvgIpc) is 3.73. The van der Waals surface area contributed by atoms with Gasteiger partial charge in [0.25, 0.3) is 0 Å². The molecule has 0 saturated heterocycles. The maximum absolute atomic E-state index is 11.8. The molecule has 0 bridgehead atoms. The maximum Gasteiger partial charge on any atom is 0.235 e. The van der Waals surface area contributed by atoms with Crippen LogP contribution in [0.4, 0.5) is 5.69 Å². The minimum absolute atomic E-state index is 0.0495. The minimum Gasteiger partial charge on any atom is -0.506 e. The van der Waals surface area contributed by atoms with E-state index in [1.165, 1.54) is 15.8 Å². The summed E-state index contributed by atoms with van der Waals surface area (Å²) in [6.45, 7) is 2.47. The summed E-state index contributed by atoms with van der Waals surface area (Å²) in [5.41, 5.74) is 0.765. The van der Waals surface area contributed by atoms with E-state index < -0.39 is 11.7 Å². The van der Waals surface area contributed by atoms with E-state index in [0.717, 1.165) is 13.0 Å². The number of aliphatic hydroxyl groups excluding tert-OH is 1. The highest BCUT2D eigenvalue weighted by Crippen LogP contribution is 2.36. The fourth-order valence-electron chi connectivity index (χ4n) is 4.95. The van der Waals surface area contributed by atoms with E-state index in [9.17, 15) is 20.1 Å². The van der Waals surface area contributed by atoms with Crippen LogP contribution in [0, 0.1) is 0 Å². The molecule has 2 aromatic heterocycles. The van der Waals surface area contributed by atoms with E-state index in [1.807, 2.05) is 60.7 Å². The predicted octanol–water partition coefficient (Wildman–Crippen LogP) is 4.49. The number of hydrogen-bond acceptors (Lipinski definition) is 9. The molecule has 0 fully saturated rings. The third-order valence-electron chi connectivity index (χ3n) is 7.32. The van der Waals surface area contributed by atoms with Crippen molar-refractivity contribution in [1.29, 1.82) is 0 Å². The molecule has 1 amide bonds. The number of aromatic nitrogens is 1.